The number of carbonyl (C=O) groups is 1. The Balaban J connectivity index is 0. The molecule has 0 amide bonds. The van der Waals surface area contributed by atoms with E-state index in [1.165, 1.54) is 25.7 Å². The van der Waals surface area contributed by atoms with Crippen molar-refractivity contribution in [3.05, 3.63) is 0 Å². The molecule has 6 N–H and O–H groups in total. The van der Waals surface area contributed by atoms with Crippen LogP contribution in [-0.4, -0.2) is 12.5 Å². The number of rotatable bonds is 10. The number of aliphatic carboxylic acids is 1. The molecule has 0 fully saturated rings. The molecule has 0 aliphatic rings. The molecule has 0 saturated carbocycles. The molecule has 15 heavy (non-hydrogen) atoms. The topological polar surface area (TPSA) is 103 Å². The minimum atomic E-state index is -0.923. The summed E-state index contributed by atoms with van der Waals surface area (Å²) in [6.07, 6.45) is 9.25. The van der Waals surface area contributed by atoms with E-state index in [9.17, 15) is 9.90 Å². The van der Waals surface area contributed by atoms with Gasteiger partial charge >= 0.3 is 0 Å². The fourth-order valence-corrected chi connectivity index (χ4v) is 1.47. The summed E-state index contributed by atoms with van der Waals surface area (Å²) < 4.78 is 0. The summed E-state index contributed by atoms with van der Waals surface area (Å²) in [4.78, 5) is 10.1. The van der Waals surface area contributed by atoms with Gasteiger partial charge in [0.25, 0.3) is 0 Å². The highest BCUT2D eigenvalue weighted by Crippen LogP contribution is 2.08. The Hall–Kier alpha value is -0.610. The van der Waals surface area contributed by atoms with Crippen molar-refractivity contribution in [3.63, 3.8) is 0 Å². The lowest BCUT2D eigenvalue weighted by Crippen LogP contribution is -2.21. The van der Waals surface area contributed by atoms with Crippen LogP contribution in [0.15, 0.2) is 0 Å². The third-order valence-electron chi connectivity index (χ3n) is 2.34. The fourth-order valence-electron chi connectivity index (χ4n) is 1.47. The van der Waals surface area contributed by atoms with E-state index >= 15 is 0 Å². The average molecular weight is 218 g/mol. The van der Waals surface area contributed by atoms with Crippen molar-refractivity contribution in [2.24, 2.45) is 5.73 Å². The maximum absolute atomic E-state index is 10.1. The second kappa shape index (κ2) is 13.4. The molecule has 0 rings (SSSR count). The molecule has 0 aliphatic heterocycles. The Morgan fingerprint density at radius 1 is 0.867 bits per heavy atom. The van der Waals surface area contributed by atoms with Crippen molar-refractivity contribution in [1.82, 2.24) is 6.15 Å². The summed E-state index contributed by atoms with van der Waals surface area (Å²) in [5.74, 6) is -0.923. The Labute approximate surface area is 92.8 Å². The zero-order chi connectivity index (χ0) is 10.6. The number of carboxylic acid groups (broad SMARTS) is 1. The third-order valence-corrected chi connectivity index (χ3v) is 2.34. The van der Waals surface area contributed by atoms with E-state index < -0.39 is 5.97 Å². The van der Waals surface area contributed by atoms with Crippen LogP contribution in [0.3, 0.4) is 0 Å². The number of quaternary nitrogens is 1. The van der Waals surface area contributed by atoms with E-state index in [1.807, 2.05) is 0 Å². The minimum absolute atomic E-state index is 0. The zero-order valence-electron chi connectivity index (χ0n) is 9.96. The third kappa shape index (κ3) is 16.1. The van der Waals surface area contributed by atoms with Gasteiger partial charge in [-0.2, -0.15) is 0 Å². The second-order valence-electron chi connectivity index (χ2n) is 3.74. The summed E-state index contributed by atoms with van der Waals surface area (Å²) in [6.45, 7) is 0.797. The lowest BCUT2D eigenvalue weighted by Gasteiger charge is -2.02. The van der Waals surface area contributed by atoms with E-state index in [0.717, 1.165) is 32.2 Å². The van der Waals surface area contributed by atoms with Gasteiger partial charge in [0.2, 0.25) is 0 Å². The van der Waals surface area contributed by atoms with Gasteiger partial charge in [-0.1, -0.05) is 38.5 Å². The maximum Gasteiger partial charge on any atom is 0.0414 e. The van der Waals surface area contributed by atoms with Crippen LogP contribution in [0, 0.1) is 0 Å². The molecule has 0 unspecified atom stereocenters. The molecule has 4 nitrogen and oxygen atoms in total. The van der Waals surface area contributed by atoms with Gasteiger partial charge < -0.3 is 21.8 Å². The van der Waals surface area contributed by atoms with Crippen LogP contribution in [-0.2, 0) is 4.79 Å². The first-order chi connectivity index (χ1) is 6.77. The van der Waals surface area contributed by atoms with Crippen molar-refractivity contribution in [2.45, 2.75) is 57.8 Å². The molecular weight excluding hydrogens is 192 g/mol. The average Bonchev–Trinajstić information content (AvgIpc) is 2.15. The van der Waals surface area contributed by atoms with Crippen LogP contribution in [0.1, 0.15) is 57.8 Å². The van der Waals surface area contributed by atoms with Crippen LogP contribution in [0.5, 0.6) is 0 Å². The standard InChI is InChI=1S/C11H23NO2.H3N/c12-10-8-6-4-2-1-3-5-7-9-11(13)14;/h1-10,12H2,(H,13,14);1H3. The molecule has 0 atom stereocenters. The molecule has 0 radical (unpaired) electrons. The molecule has 0 spiro atoms. The molecule has 4 heteroatoms. The lowest BCUT2D eigenvalue weighted by molar-refractivity contribution is -0.305. The summed E-state index contributed by atoms with van der Waals surface area (Å²) in [5, 5.41) is 10.1. The highest BCUT2D eigenvalue weighted by Gasteiger charge is 1.92. The van der Waals surface area contributed by atoms with E-state index in [1.54, 1.807) is 0 Å². The highest BCUT2D eigenvalue weighted by molar-refractivity contribution is 5.63. The summed E-state index contributed by atoms with van der Waals surface area (Å²) in [5.41, 5.74) is 5.38. The number of carbonyl (C=O) groups excluding carboxylic acids is 1. The zero-order valence-corrected chi connectivity index (χ0v) is 9.96. The summed E-state index contributed by atoms with van der Waals surface area (Å²) >= 11 is 0. The number of hydrogen-bond acceptors (Lipinski definition) is 3. The monoisotopic (exact) mass is 218 g/mol. The first-order valence-electron chi connectivity index (χ1n) is 5.67. The minimum Gasteiger partial charge on any atom is -0.550 e. The summed E-state index contributed by atoms with van der Waals surface area (Å²) in [6, 6.07) is 0. The van der Waals surface area contributed by atoms with Crippen LogP contribution in [0.4, 0.5) is 0 Å². The smallest absolute Gasteiger partial charge is 0.0414 e. The first kappa shape index (κ1) is 16.8. The van der Waals surface area contributed by atoms with Crippen LogP contribution >= 0.6 is 0 Å². The molecule has 0 aromatic carbocycles. The van der Waals surface area contributed by atoms with Crippen LogP contribution < -0.4 is 17.0 Å². The maximum atomic E-state index is 10.1. The molecule has 0 aromatic rings. The molecule has 0 aliphatic carbocycles. The van der Waals surface area contributed by atoms with Crippen molar-refractivity contribution in [1.29, 1.82) is 0 Å². The Morgan fingerprint density at radius 3 is 1.67 bits per heavy atom. The van der Waals surface area contributed by atoms with E-state index in [4.69, 9.17) is 5.73 Å². The van der Waals surface area contributed by atoms with Gasteiger partial charge in [0.05, 0.1) is 0 Å². The quantitative estimate of drug-likeness (QED) is 0.544. The van der Waals surface area contributed by atoms with Gasteiger partial charge in [0.15, 0.2) is 0 Å². The van der Waals surface area contributed by atoms with Crippen LogP contribution in [0.2, 0.25) is 0 Å². The predicted molar refractivity (Wildman–Crippen MR) is 61.6 cm³/mol. The second-order valence-corrected chi connectivity index (χ2v) is 3.74. The van der Waals surface area contributed by atoms with Gasteiger partial charge in [0.1, 0.15) is 0 Å². The molecular formula is C11H26N2O2. The van der Waals surface area contributed by atoms with E-state index in [-0.39, 0.29) is 12.6 Å². The van der Waals surface area contributed by atoms with Crippen molar-refractivity contribution in [3.8, 4) is 0 Å². The van der Waals surface area contributed by atoms with Gasteiger partial charge in [-0.15, -0.1) is 0 Å². The number of unbranched alkanes of at least 4 members (excludes halogenated alkanes) is 7. The van der Waals surface area contributed by atoms with Gasteiger partial charge in [-0.05, 0) is 25.8 Å². The molecule has 0 bridgehead atoms. The van der Waals surface area contributed by atoms with E-state index in [2.05, 4.69) is 0 Å². The van der Waals surface area contributed by atoms with Crippen molar-refractivity contribution < 1.29 is 9.90 Å². The number of hydrogen-bond donors (Lipinski definition) is 2. The van der Waals surface area contributed by atoms with E-state index in [0.29, 0.717) is 0 Å². The largest absolute Gasteiger partial charge is 0.550 e. The van der Waals surface area contributed by atoms with Gasteiger partial charge in [-0.3, -0.25) is 0 Å². The molecule has 0 heterocycles. The lowest BCUT2D eigenvalue weighted by atomic mass is 10.1. The molecule has 0 aromatic heterocycles. The van der Waals surface area contributed by atoms with Crippen LogP contribution in [0.25, 0.3) is 0 Å². The Bertz CT molecular complexity index is 141. The first-order valence-corrected chi connectivity index (χ1v) is 5.67. The van der Waals surface area contributed by atoms with Crippen molar-refractivity contribution in [2.75, 3.05) is 6.54 Å². The van der Waals surface area contributed by atoms with Crippen molar-refractivity contribution >= 4 is 5.97 Å². The Morgan fingerprint density at radius 2 is 1.27 bits per heavy atom. The Kier molecular flexibility index (Phi) is 15.0. The summed E-state index contributed by atoms with van der Waals surface area (Å²) in [7, 11) is 0. The van der Waals surface area contributed by atoms with Gasteiger partial charge in [-0.25, -0.2) is 0 Å². The SMILES string of the molecule is NCCCCCCCCCCC(=O)[O-].[NH4+]. The predicted octanol–water partition coefficient (Wildman–Crippen LogP) is 1.58. The highest BCUT2D eigenvalue weighted by atomic mass is 16.4. The fraction of sp³-hybridized carbons (Fsp3) is 0.909. The van der Waals surface area contributed by atoms with Gasteiger partial charge in [0, 0.05) is 5.97 Å². The normalized spacial score (nSPS) is 9.67. The molecule has 92 valence electrons. The number of nitrogens with two attached hydrogens (primary N) is 1. The molecule has 0 saturated heterocycles. The number of carboxylic acids is 1.